The van der Waals surface area contributed by atoms with Gasteiger partial charge in [-0.3, -0.25) is 4.79 Å². The van der Waals surface area contributed by atoms with Gasteiger partial charge in [-0.1, -0.05) is 134 Å². The van der Waals surface area contributed by atoms with E-state index >= 15 is 0 Å². The van der Waals surface area contributed by atoms with Gasteiger partial charge in [-0.2, -0.15) is 0 Å². The van der Waals surface area contributed by atoms with Crippen LogP contribution in [0.4, 0.5) is 0 Å². The van der Waals surface area contributed by atoms with Crippen LogP contribution >= 0.6 is 0 Å². The molecule has 0 saturated carbocycles. The lowest BCUT2D eigenvalue weighted by Gasteiger charge is -2.40. The Morgan fingerprint density at radius 1 is 0.673 bits per heavy atom. The Hall–Kier alpha value is -1.59. The molecule has 1 amide bonds. The molecule has 7 unspecified atom stereocenters. The zero-order chi connectivity index (χ0) is 36.0. The lowest BCUT2D eigenvalue weighted by atomic mass is 9.99. The highest BCUT2D eigenvalue weighted by Gasteiger charge is 2.44. The summed E-state index contributed by atoms with van der Waals surface area (Å²) in [5, 5.41) is 53.8. The molecule has 1 rings (SSSR count). The summed E-state index contributed by atoms with van der Waals surface area (Å²) in [6.07, 6.45) is 29.2. The summed E-state index contributed by atoms with van der Waals surface area (Å²) in [6, 6.07) is -0.832. The lowest BCUT2D eigenvalue weighted by Crippen LogP contribution is -2.60. The number of amides is 1. The molecule has 0 radical (unpaired) electrons. The Labute approximate surface area is 298 Å². The van der Waals surface area contributed by atoms with E-state index in [2.05, 4.69) is 43.5 Å². The number of ether oxygens (including phenoxy) is 2. The van der Waals surface area contributed by atoms with E-state index in [4.69, 9.17) is 9.47 Å². The largest absolute Gasteiger partial charge is 0.394 e. The van der Waals surface area contributed by atoms with E-state index in [1.54, 1.807) is 6.08 Å². The minimum absolute atomic E-state index is 0.212. The van der Waals surface area contributed by atoms with Crippen LogP contribution in [0.15, 0.2) is 36.5 Å². The van der Waals surface area contributed by atoms with Gasteiger partial charge in [-0.25, -0.2) is 0 Å². The van der Waals surface area contributed by atoms with E-state index in [1.807, 2.05) is 6.08 Å². The molecule has 0 bridgehead atoms. The highest BCUT2D eigenvalue weighted by atomic mass is 16.7. The predicted octanol–water partition coefficient (Wildman–Crippen LogP) is 6.94. The molecule has 9 heteroatoms. The molecular weight excluding hydrogens is 622 g/mol. The molecule has 1 aliphatic heterocycles. The summed E-state index contributed by atoms with van der Waals surface area (Å²) in [4.78, 5) is 12.8. The molecule has 0 aromatic carbocycles. The number of unbranched alkanes of at least 4 members (excludes halogenated alkanes) is 17. The maximum Gasteiger partial charge on any atom is 0.220 e. The summed E-state index contributed by atoms with van der Waals surface area (Å²) in [5.41, 5.74) is 0. The predicted molar refractivity (Wildman–Crippen MR) is 198 cm³/mol. The van der Waals surface area contributed by atoms with Gasteiger partial charge >= 0.3 is 0 Å². The Morgan fingerprint density at radius 3 is 1.73 bits per heavy atom. The number of allylic oxidation sites excluding steroid dienone is 5. The Morgan fingerprint density at radius 2 is 1.16 bits per heavy atom. The first-order valence-corrected chi connectivity index (χ1v) is 19.7. The van der Waals surface area contributed by atoms with E-state index in [9.17, 15) is 30.3 Å². The van der Waals surface area contributed by atoms with Gasteiger partial charge in [0.25, 0.3) is 0 Å². The lowest BCUT2D eigenvalue weighted by molar-refractivity contribution is -0.302. The number of hydrogen-bond donors (Lipinski definition) is 6. The van der Waals surface area contributed by atoms with Crippen molar-refractivity contribution in [3.05, 3.63) is 36.5 Å². The quantitative estimate of drug-likeness (QED) is 0.0338. The fraction of sp³-hybridized carbons (Fsp3) is 0.825. The van der Waals surface area contributed by atoms with Gasteiger partial charge in [0.05, 0.1) is 25.4 Å². The maximum atomic E-state index is 12.8. The smallest absolute Gasteiger partial charge is 0.220 e. The van der Waals surface area contributed by atoms with Crippen molar-refractivity contribution in [2.75, 3.05) is 13.2 Å². The molecule has 1 fully saturated rings. The normalized spacial score (nSPS) is 22.8. The van der Waals surface area contributed by atoms with E-state index in [0.717, 1.165) is 32.1 Å². The SMILES string of the molecule is CCCCCC/C=C\CCCC(=O)NC(COC1OC(CO)C(O)C(O)C1O)C(O)/C=C/CC/C=C/CCCCCCCCCCCCC. The van der Waals surface area contributed by atoms with Gasteiger partial charge in [0.2, 0.25) is 5.91 Å². The molecule has 0 aromatic heterocycles. The summed E-state index contributed by atoms with van der Waals surface area (Å²) < 4.78 is 11.1. The minimum Gasteiger partial charge on any atom is -0.394 e. The van der Waals surface area contributed by atoms with Crippen molar-refractivity contribution in [3.63, 3.8) is 0 Å². The summed E-state index contributed by atoms with van der Waals surface area (Å²) in [5.74, 6) is -0.225. The monoisotopic (exact) mass is 696 g/mol. The number of nitrogens with one attached hydrogen (secondary N) is 1. The van der Waals surface area contributed by atoms with E-state index in [0.29, 0.717) is 6.42 Å². The van der Waals surface area contributed by atoms with Crippen molar-refractivity contribution in [1.82, 2.24) is 5.32 Å². The number of aliphatic hydroxyl groups excluding tert-OH is 5. The molecule has 0 aromatic rings. The van der Waals surface area contributed by atoms with E-state index < -0.39 is 49.5 Å². The summed E-state index contributed by atoms with van der Waals surface area (Å²) in [7, 11) is 0. The third-order valence-electron chi connectivity index (χ3n) is 9.19. The molecule has 1 saturated heterocycles. The number of carbonyl (C=O) groups is 1. The maximum absolute atomic E-state index is 12.8. The number of aliphatic hydroxyl groups is 5. The van der Waals surface area contributed by atoms with Gasteiger partial charge in [0, 0.05) is 6.42 Å². The van der Waals surface area contributed by atoms with Gasteiger partial charge in [-0.05, 0) is 51.4 Å². The first-order chi connectivity index (χ1) is 23.8. The van der Waals surface area contributed by atoms with Crippen LogP contribution in [0.5, 0.6) is 0 Å². The molecule has 0 spiro atoms. The average Bonchev–Trinajstić information content (AvgIpc) is 3.10. The Bertz CT molecular complexity index is 863. The first kappa shape index (κ1) is 45.4. The molecule has 49 heavy (non-hydrogen) atoms. The fourth-order valence-electron chi connectivity index (χ4n) is 5.94. The fourth-order valence-corrected chi connectivity index (χ4v) is 5.94. The molecule has 1 aliphatic rings. The minimum atomic E-state index is -1.57. The van der Waals surface area contributed by atoms with Crippen molar-refractivity contribution in [2.45, 2.75) is 198 Å². The molecule has 9 nitrogen and oxygen atoms in total. The molecule has 1 heterocycles. The second-order valence-corrected chi connectivity index (χ2v) is 13.7. The molecular formula is C40H73NO8. The third kappa shape index (κ3) is 22.8. The second-order valence-electron chi connectivity index (χ2n) is 13.7. The highest BCUT2D eigenvalue weighted by molar-refractivity contribution is 5.76. The van der Waals surface area contributed by atoms with Crippen molar-refractivity contribution in [2.24, 2.45) is 0 Å². The molecule has 6 N–H and O–H groups in total. The first-order valence-electron chi connectivity index (χ1n) is 19.7. The van der Waals surface area contributed by atoms with Crippen LogP contribution in [-0.2, 0) is 14.3 Å². The molecule has 286 valence electrons. The van der Waals surface area contributed by atoms with Crippen LogP contribution in [0.1, 0.15) is 155 Å². The standard InChI is InChI=1S/C40H73NO8/c1-3-5-7-9-11-13-14-15-16-17-18-19-20-22-23-25-27-29-34(43)33(32-48-40-39(47)38(46)37(45)35(31-42)49-40)41-36(44)30-28-26-24-21-12-10-8-6-4-2/h20-22,24,27,29,33-35,37-40,42-43,45-47H,3-19,23,25-26,28,30-32H2,1-2H3,(H,41,44)/b22-20+,24-21-,29-27+. The zero-order valence-electron chi connectivity index (χ0n) is 30.9. The van der Waals surface area contributed by atoms with Gasteiger partial charge < -0.3 is 40.3 Å². The van der Waals surface area contributed by atoms with E-state index in [1.165, 1.54) is 96.3 Å². The van der Waals surface area contributed by atoms with Crippen LogP contribution in [0.25, 0.3) is 0 Å². The average molecular weight is 696 g/mol. The van der Waals surface area contributed by atoms with Crippen LogP contribution < -0.4 is 5.32 Å². The van der Waals surface area contributed by atoms with Crippen molar-refractivity contribution in [3.8, 4) is 0 Å². The van der Waals surface area contributed by atoms with Crippen molar-refractivity contribution >= 4 is 5.91 Å². The molecule has 7 atom stereocenters. The van der Waals surface area contributed by atoms with Crippen molar-refractivity contribution < 1.29 is 39.8 Å². The highest BCUT2D eigenvalue weighted by Crippen LogP contribution is 2.22. The second kappa shape index (κ2) is 31.2. The number of carbonyl (C=O) groups excluding carboxylic acids is 1. The van der Waals surface area contributed by atoms with E-state index in [-0.39, 0.29) is 18.9 Å². The van der Waals surface area contributed by atoms with Crippen LogP contribution in [0, 0.1) is 0 Å². The molecule has 0 aliphatic carbocycles. The van der Waals surface area contributed by atoms with Gasteiger partial charge in [-0.15, -0.1) is 0 Å². The zero-order valence-corrected chi connectivity index (χ0v) is 30.9. The van der Waals surface area contributed by atoms with Gasteiger partial charge in [0.15, 0.2) is 6.29 Å². The Kier molecular flexibility index (Phi) is 28.9. The summed E-state index contributed by atoms with van der Waals surface area (Å²) in [6.45, 7) is 3.67. The topological polar surface area (TPSA) is 149 Å². The van der Waals surface area contributed by atoms with Crippen molar-refractivity contribution in [1.29, 1.82) is 0 Å². The number of hydrogen-bond acceptors (Lipinski definition) is 8. The Balaban J connectivity index is 2.47. The van der Waals surface area contributed by atoms with Crippen LogP contribution in [-0.4, -0.2) is 87.5 Å². The van der Waals surface area contributed by atoms with Gasteiger partial charge in [0.1, 0.15) is 24.4 Å². The third-order valence-corrected chi connectivity index (χ3v) is 9.19. The van der Waals surface area contributed by atoms with Crippen LogP contribution in [0.2, 0.25) is 0 Å². The number of rotatable bonds is 31. The van der Waals surface area contributed by atoms with Crippen LogP contribution in [0.3, 0.4) is 0 Å². The summed E-state index contributed by atoms with van der Waals surface area (Å²) >= 11 is 0.